The lowest BCUT2D eigenvalue weighted by atomic mass is 10.1. The van der Waals surface area contributed by atoms with Crippen LogP contribution in [0.3, 0.4) is 0 Å². The minimum absolute atomic E-state index is 0.113. The van der Waals surface area contributed by atoms with Crippen molar-refractivity contribution < 1.29 is 18.1 Å². The highest BCUT2D eigenvalue weighted by Crippen LogP contribution is 2.29. The van der Waals surface area contributed by atoms with Gasteiger partial charge in [0, 0.05) is 22.5 Å². The Hall–Kier alpha value is -1.05. The van der Waals surface area contributed by atoms with Crippen LogP contribution in [0.2, 0.25) is 0 Å². The second-order valence-corrected chi connectivity index (χ2v) is 11.1. The Labute approximate surface area is 167 Å². The van der Waals surface area contributed by atoms with E-state index in [9.17, 15) is 13.2 Å². The van der Waals surface area contributed by atoms with Gasteiger partial charge in [-0.15, -0.1) is 11.8 Å². The van der Waals surface area contributed by atoms with Crippen LogP contribution in [0.5, 0.6) is 0 Å². The fourth-order valence-corrected chi connectivity index (χ4v) is 6.51. The molecule has 150 valence electrons. The first-order valence-electron chi connectivity index (χ1n) is 9.84. The van der Waals surface area contributed by atoms with Gasteiger partial charge in [-0.2, -0.15) is 0 Å². The van der Waals surface area contributed by atoms with Gasteiger partial charge in [-0.05, 0) is 37.7 Å². The van der Waals surface area contributed by atoms with E-state index in [1.807, 2.05) is 11.9 Å². The first kappa shape index (κ1) is 20.7. The fourth-order valence-electron chi connectivity index (χ4n) is 4.39. The van der Waals surface area contributed by atoms with E-state index >= 15 is 0 Å². The number of nitrogens with zero attached hydrogens (tertiary/aromatic N) is 1. The number of amides is 1. The summed E-state index contributed by atoms with van der Waals surface area (Å²) in [7, 11) is -0.950. The van der Waals surface area contributed by atoms with Crippen LogP contribution >= 0.6 is 11.8 Å². The van der Waals surface area contributed by atoms with E-state index in [1.54, 1.807) is 11.8 Å². The summed E-state index contributed by atoms with van der Waals surface area (Å²) in [5.41, 5.74) is 1.22. The predicted molar refractivity (Wildman–Crippen MR) is 110 cm³/mol. The third-order valence-electron chi connectivity index (χ3n) is 5.73. The minimum Gasteiger partial charge on any atom is -0.331 e. The molecule has 2 aliphatic rings. The van der Waals surface area contributed by atoms with Crippen molar-refractivity contribution in [3.05, 3.63) is 29.8 Å². The highest BCUT2D eigenvalue weighted by Gasteiger charge is 2.39. The molecule has 1 unspecified atom stereocenters. The number of thioether (sulfide) groups is 1. The van der Waals surface area contributed by atoms with Gasteiger partial charge in [0.25, 0.3) is 5.91 Å². The van der Waals surface area contributed by atoms with Crippen molar-refractivity contribution in [2.75, 3.05) is 31.4 Å². The quantitative estimate of drug-likeness (QED) is 0.689. The van der Waals surface area contributed by atoms with Gasteiger partial charge < -0.3 is 9.80 Å². The molecule has 1 aliphatic carbocycles. The fraction of sp³-hybridized carbons (Fsp3) is 0.650. The molecule has 1 saturated carbocycles. The summed E-state index contributed by atoms with van der Waals surface area (Å²) in [6, 6.07) is 8.58. The molecule has 0 spiro atoms. The van der Waals surface area contributed by atoms with Gasteiger partial charge in [0.2, 0.25) is 0 Å². The molecule has 5 nitrogen and oxygen atoms in total. The third kappa shape index (κ3) is 5.48. The second-order valence-electron chi connectivity index (χ2n) is 7.95. The molecule has 1 N–H and O–H groups in total. The normalized spacial score (nSPS) is 23.4. The van der Waals surface area contributed by atoms with Gasteiger partial charge in [0.1, 0.15) is 6.54 Å². The summed E-state index contributed by atoms with van der Waals surface area (Å²) in [6.07, 6.45) is 6.96. The second kappa shape index (κ2) is 8.97. The van der Waals surface area contributed by atoms with Crippen LogP contribution in [0.4, 0.5) is 0 Å². The molecule has 1 aromatic rings. The van der Waals surface area contributed by atoms with Crippen molar-refractivity contribution in [2.24, 2.45) is 0 Å². The van der Waals surface area contributed by atoms with E-state index in [1.165, 1.54) is 10.5 Å². The SMILES string of the molecule is CSc1ccc(C[NH+](C)CC(=O)N(C2CCCC2)[C@@H]2CCS(=O)(=O)C2)cc1. The molecular formula is C20H31N2O3S2+. The highest BCUT2D eigenvalue weighted by molar-refractivity contribution is 7.98. The monoisotopic (exact) mass is 411 g/mol. The standard InChI is InChI=1S/C20H30N2O3S2/c1-21(13-16-7-9-19(26-2)10-8-16)14-20(23)22(17-5-3-4-6-17)18-11-12-27(24,25)15-18/h7-10,17-18H,3-6,11-15H2,1-2H3/p+1/t18-/m1/s1. The molecule has 0 aromatic heterocycles. The van der Waals surface area contributed by atoms with E-state index in [0.717, 1.165) is 37.1 Å². The molecule has 0 bridgehead atoms. The van der Waals surface area contributed by atoms with Crippen molar-refractivity contribution in [3.63, 3.8) is 0 Å². The van der Waals surface area contributed by atoms with Crippen molar-refractivity contribution in [1.82, 2.24) is 4.90 Å². The molecule has 1 heterocycles. The van der Waals surface area contributed by atoms with Crippen LogP contribution in [-0.2, 0) is 21.2 Å². The van der Waals surface area contributed by atoms with Crippen LogP contribution in [0.1, 0.15) is 37.7 Å². The van der Waals surface area contributed by atoms with E-state index < -0.39 is 9.84 Å². The Morgan fingerprint density at radius 1 is 1.15 bits per heavy atom. The number of carbonyl (C=O) groups excluding carboxylic acids is 1. The Morgan fingerprint density at radius 3 is 2.37 bits per heavy atom. The largest absolute Gasteiger partial charge is 0.331 e. The van der Waals surface area contributed by atoms with Crippen molar-refractivity contribution in [1.29, 1.82) is 0 Å². The smallest absolute Gasteiger partial charge is 0.278 e. The Bertz CT molecular complexity index is 743. The number of hydrogen-bond donors (Lipinski definition) is 1. The molecule has 27 heavy (non-hydrogen) atoms. The summed E-state index contributed by atoms with van der Waals surface area (Å²) >= 11 is 1.72. The van der Waals surface area contributed by atoms with E-state index in [2.05, 4.69) is 30.5 Å². The van der Waals surface area contributed by atoms with Gasteiger partial charge in [-0.1, -0.05) is 25.0 Å². The maximum Gasteiger partial charge on any atom is 0.278 e. The number of nitrogens with one attached hydrogen (secondary N) is 1. The van der Waals surface area contributed by atoms with Gasteiger partial charge in [0.15, 0.2) is 16.4 Å². The van der Waals surface area contributed by atoms with Gasteiger partial charge in [-0.3, -0.25) is 4.79 Å². The van der Waals surface area contributed by atoms with Crippen LogP contribution in [-0.4, -0.2) is 62.7 Å². The lowest BCUT2D eigenvalue weighted by Crippen LogP contribution is -3.09. The highest BCUT2D eigenvalue weighted by atomic mass is 32.2. The molecule has 0 radical (unpaired) electrons. The number of carbonyl (C=O) groups is 1. The molecule has 2 atom stereocenters. The van der Waals surface area contributed by atoms with E-state index in [0.29, 0.717) is 13.0 Å². The van der Waals surface area contributed by atoms with Crippen molar-refractivity contribution >= 4 is 27.5 Å². The Morgan fingerprint density at radius 2 is 1.81 bits per heavy atom. The zero-order chi connectivity index (χ0) is 19.4. The molecule has 3 rings (SSSR count). The summed E-state index contributed by atoms with van der Waals surface area (Å²) in [5, 5.41) is 0. The molecule has 7 heteroatoms. The van der Waals surface area contributed by atoms with Gasteiger partial charge >= 0.3 is 0 Å². The van der Waals surface area contributed by atoms with E-state index in [4.69, 9.17) is 0 Å². The summed E-state index contributed by atoms with van der Waals surface area (Å²) in [4.78, 5) is 17.5. The average Bonchev–Trinajstić information content (AvgIpc) is 3.26. The average molecular weight is 412 g/mol. The molecule has 1 saturated heterocycles. The van der Waals surface area contributed by atoms with Crippen molar-refractivity contribution in [2.45, 2.75) is 55.6 Å². The van der Waals surface area contributed by atoms with Crippen LogP contribution in [0, 0.1) is 0 Å². The molecule has 2 fully saturated rings. The Kier molecular flexibility index (Phi) is 6.87. The molecule has 1 aromatic carbocycles. The number of rotatable bonds is 7. The first-order chi connectivity index (χ1) is 12.9. The Balaban J connectivity index is 1.64. The van der Waals surface area contributed by atoms with Crippen LogP contribution in [0.25, 0.3) is 0 Å². The topological polar surface area (TPSA) is 58.9 Å². The maximum atomic E-state index is 13.1. The zero-order valence-corrected chi connectivity index (χ0v) is 17.9. The van der Waals surface area contributed by atoms with Crippen LogP contribution in [0.15, 0.2) is 29.2 Å². The van der Waals surface area contributed by atoms with Gasteiger partial charge in [-0.25, -0.2) is 8.42 Å². The summed E-state index contributed by atoms with van der Waals surface area (Å²) in [6.45, 7) is 1.21. The number of likely N-dealkylation sites (N-methyl/N-ethyl adjacent to an activating group) is 1. The van der Waals surface area contributed by atoms with E-state index in [-0.39, 0.29) is 29.5 Å². The molecular weight excluding hydrogens is 380 g/mol. The predicted octanol–water partition coefficient (Wildman–Crippen LogP) is 1.38. The lowest BCUT2D eigenvalue weighted by Gasteiger charge is -2.34. The minimum atomic E-state index is -2.99. The number of quaternary nitrogens is 1. The number of sulfone groups is 1. The molecule has 1 aliphatic heterocycles. The first-order valence-corrected chi connectivity index (χ1v) is 12.9. The van der Waals surface area contributed by atoms with Gasteiger partial charge in [0.05, 0.1) is 18.6 Å². The number of benzene rings is 1. The summed E-state index contributed by atoms with van der Waals surface area (Å²) in [5.74, 6) is 0.477. The third-order valence-corrected chi connectivity index (χ3v) is 8.22. The zero-order valence-electron chi connectivity index (χ0n) is 16.3. The van der Waals surface area contributed by atoms with Crippen LogP contribution < -0.4 is 4.90 Å². The summed E-state index contributed by atoms with van der Waals surface area (Å²) < 4.78 is 23.9. The molecule has 1 amide bonds. The maximum absolute atomic E-state index is 13.1. The number of hydrogen-bond acceptors (Lipinski definition) is 4. The lowest BCUT2D eigenvalue weighted by molar-refractivity contribution is -0.885. The van der Waals surface area contributed by atoms with Crippen molar-refractivity contribution in [3.8, 4) is 0 Å².